The largest absolute Gasteiger partial charge is 0.494 e. The summed E-state index contributed by atoms with van der Waals surface area (Å²) < 4.78 is 11.6. The van der Waals surface area contributed by atoms with E-state index in [9.17, 15) is 19.2 Å². The van der Waals surface area contributed by atoms with E-state index in [1.165, 1.54) is 13.8 Å². The lowest BCUT2D eigenvalue weighted by Gasteiger charge is -2.37. The van der Waals surface area contributed by atoms with Crippen molar-refractivity contribution in [3.05, 3.63) is 95.1 Å². The number of hydrogen-bond acceptors (Lipinski definition) is 7. The zero-order valence-electron chi connectivity index (χ0n) is 21.8. The van der Waals surface area contributed by atoms with Gasteiger partial charge in [-0.25, -0.2) is 0 Å². The van der Waals surface area contributed by atoms with Crippen LogP contribution in [0.5, 0.6) is 11.5 Å². The second kappa shape index (κ2) is 9.05. The third kappa shape index (κ3) is 3.35. The summed E-state index contributed by atoms with van der Waals surface area (Å²) in [5, 5.41) is 0. The highest BCUT2D eigenvalue weighted by Crippen LogP contribution is 2.62. The van der Waals surface area contributed by atoms with Crippen LogP contribution < -0.4 is 14.4 Å². The minimum atomic E-state index is -1.63. The molecule has 3 aromatic rings. The summed E-state index contributed by atoms with van der Waals surface area (Å²) in [7, 11) is 0. The van der Waals surface area contributed by atoms with Crippen LogP contribution in [0.25, 0.3) is 6.08 Å². The highest BCUT2D eigenvalue weighted by atomic mass is 16.5. The van der Waals surface area contributed by atoms with Crippen molar-refractivity contribution in [2.75, 3.05) is 11.5 Å². The van der Waals surface area contributed by atoms with Crippen molar-refractivity contribution in [1.29, 1.82) is 0 Å². The minimum absolute atomic E-state index is 0.219. The number of fused-ring (bicyclic) bond motifs is 5. The van der Waals surface area contributed by atoms with Gasteiger partial charge in [-0.2, -0.15) is 0 Å². The maximum atomic E-state index is 14.6. The van der Waals surface area contributed by atoms with Gasteiger partial charge < -0.3 is 14.4 Å². The number of Topliss-reactive ketones (excluding diaryl/α,β-unsaturated/α-hetero) is 3. The van der Waals surface area contributed by atoms with E-state index < -0.39 is 29.4 Å². The average molecular weight is 522 g/mol. The van der Waals surface area contributed by atoms with E-state index >= 15 is 0 Å². The van der Waals surface area contributed by atoms with Gasteiger partial charge in [0.05, 0.1) is 24.4 Å². The molecule has 39 heavy (non-hydrogen) atoms. The Labute approximate surface area is 226 Å². The number of rotatable bonds is 5. The topological polar surface area (TPSA) is 90.0 Å². The first-order valence-electron chi connectivity index (χ1n) is 13.0. The molecule has 0 amide bonds. The summed E-state index contributed by atoms with van der Waals surface area (Å²) in [5.74, 6) is -1.46. The van der Waals surface area contributed by atoms with Crippen LogP contribution in [-0.2, 0) is 9.59 Å². The number of para-hydroxylation sites is 2. The summed E-state index contributed by atoms with van der Waals surface area (Å²) in [6, 6.07) is 17.7. The van der Waals surface area contributed by atoms with E-state index in [1.807, 2.05) is 48.2 Å². The molecule has 0 N–H and O–H groups in total. The van der Waals surface area contributed by atoms with Gasteiger partial charge in [-0.15, -0.1) is 0 Å². The highest BCUT2D eigenvalue weighted by Gasteiger charge is 2.71. The summed E-state index contributed by atoms with van der Waals surface area (Å²) in [6.45, 7) is 5.01. The van der Waals surface area contributed by atoms with Gasteiger partial charge in [0.1, 0.15) is 11.2 Å². The van der Waals surface area contributed by atoms with Crippen LogP contribution in [0.4, 0.5) is 5.69 Å². The Bertz CT molecular complexity index is 1550. The number of hydrogen-bond donors (Lipinski definition) is 0. The molecule has 196 valence electrons. The number of esters is 1. The average Bonchev–Trinajstić information content (AvgIpc) is 3.35. The molecule has 2 heterocycles. The molecule has 0 unspecified atom stereocenters. The Kier molecular flexibility index (Phi) is 5.75. The third-order valence-corrected chi connectivity index (χ3v) is 8.01. The highest BCUT2D eigenvalue weighted by molar-refractivity contribution is 6.32. The maximum Gasteiger partial charge on any atom is 0.308 e. The second-order valence-electron chi connectivity index (χ2n) is 10.1. The first kappa shape index (κ1) is 24.8. The molecule has 6 rings (SSSR count). The lowest BCUT2D eigenvalue weighted by atomic mass is 9.64. The Balaban J connectivity index is 1.70. The standard InChI is InChI=1S/C32H27NO6/c1-4-38-24-14-8-7-13-23(24)27-28(18(2)34)33-26(17-16-20-10-9-15-25(29(20)33)39-19(3)35)32(27)30(36)21-11-5-6-12-22(21)31(32)37/h5-17,26-28H,4H2,1-3H3/t26-,27-,28-/m0/s1. The van der Waals surface area contributed by atoms with Crippen LogP contribution in [0.15, 0.2) is 72.8 Å². The lowest BCUT2D eigenvalue weighted by Crippen LogP contribution is -2.48. The van der Waals surface area contributed by atoms with E-state index in [2.05, 4.69) is 0 Å². The van der Waals surface area contributed by atoms with Gasteiger partial charge in [0, 0.05) is 35.1 Å². The zero-order valence-corrected chi connectivity index (χ0v) is 21.8. The molecular formula is C32H27NO6. The van der Waals surface area contributed by atoms with Crippen molar-refractivity contribution in [3.8, 4) is 11.5 Å². The zero-order chi connectivity index (χ0) is 27.5. The molecule has 7 nitrogen and oxygen atoms in total. The fourth-order valence-electron chi connectivity index (χ4n) is 6.74. The van der Waals surface area contributed by atoms with Crippen molar-refractivity contribution in [2.45, 2.75) is 38.8 Å². The van der Waals surface area contributed by atoms with Crippen LogP contribution >= 0.6 is 0 Å². The van der Waals surface area contributed by atoms with Gasteiger partial charge in [-0.05, 0) is 26.0 Å². The number of nitrogens with zero attached hydrogens (tertiary/aromatic N) is 1. The summed E-state index contributed by atoms with van der Waals surface area (Å²) >= 11 is 0. The van der Waals surface area contributed by atoms with Gasteiger partial charge >= 0.3 is 5.97 Å². The molecule has 1 spiro atoms. The number of carbonyl (C=O) groups excluding carboxylic acids is 4. The molecule has 0 bridgehead atoms. The van der Waals surface area contributed by atoms with Crippen molar-refractivity contribution in [3.63, 3.8) is 0 Å². The Hall–Kier alpha value is -4.52. The fraction of sp³-hybridized carbons (Fsp3) is 0.250. The summed E-state index contributed by atoms with van der Waals surface area (Å²) in [5.41, 5.74) is 0.901. The van der Waals surface area contributed by atoms with E-state index in [0.717, 1.165) is 5.56 Å². The fourth-order valence-corrected chi connectivity index (χ4v) is 6.74. The SMILES string of the molecule is CCOc1ccccc1[C@H]1[C@H](C(C)=O)N2c3c(cccc3OC(C)=O)C=C[C@H]2C12C(=O)c1ccccc1C2=O. The van der Waals surface area contributed by atoms with Crippen LogP contribution in [0.1, 0.15) is 58.5 Å². The van der Waals surface area contributed by atoms with Gasteiger partial charge in [-0.3, -0.25) is 19.2 Å². The van der Waals surface area contributed by atoms with Gasteiger partial charge in [-0.1, -0.05) is 66.7 Å². The number of benzene rings is 3. The van der Waals surface area contributed by atoms with Crippen molar-refractivity contribution in [1.82, 2.24) is 0 Å². The number of anilines is 1. The van der Waals surface area contributed by atoms with Crippen molar-refractivity contribution < 1.29 is 28.7 Å². The quantitative estimate of drug-likeness (QED) is 0.264. The second-order valence-corrected chi connectivity index (χ2v) is 10.1. The van der Waals surface area contributed by atoms with Crippen LogP contribution in [-0.4, -0.2) is 42.0 Å². The number of ketones is 3. The smallest absolute Gasteiger partial charge is 0.308 e. The van der Waals surface area contributed by atoms with E-state index in [1.54, 1.807) is 42.5 Å². The first-order valence-corrected chi connectivity index (χ1v) is 13.0. The molecule has 0 aromatic heterocycles. The van der Waals surface area contributed by atoms with Gasteiger partial charge in [0.25, 0.3) is 0 Å². The summed E-state index contributed by atoms with van der Waals surface area (Å²) in [4.78, 5) is 56.7. The predicted molar refractivity (Wildman–Crippen MR) is 145 cm³/mol. The Morgan fingerprint density at radius 3 is 2.15 bits per heavy atom. The lowest BCUT2D eigenvalue weighted by molar-refractivity contribution is -0.131. The van der Waals surface area contributed by atoms with E-state index in [4.69, 9.17) is 9.47 Å². The summed E-state index contributed by atoms with van der Waals surface area (Å²) in [6.07, 6.45) is 3.67. The molecule has 0 saturated carbocycles. The molecule has 1 saturated heterocycles. The normalized spacial score (nSPS) is 21.9. The molecule has 7 heteroatoms. The van der Waals surface area contributed by atoms with E-state index in [-0.39, 0.29) is 23.1 Å². The molecule has 2 aliphatic heterocycles. The molecule has 3 aromatic carbocycles. The molecule has 3 atom stereocenters. The van der Waals surface area contributed by atoms with Crippen LogP contribution in [0.3, 0.4) is 0 Å². The molecule has 0 radical (unpaired) electrons. The molecule has 1 aliphatic carbocycles. The maximum absolute atomic E-state index is 14.6. The predicted octanol–water partition coefficient (Wildman–Crippen LogP) is 5.03. The van der Waals surface area contributed by atoms with Crippen molar-refractivity contribution >= 4 is 35.1 Å². The number of carbonyl (C=O) groups is 4. The van der Waals surface area contributed by atoms with Gasteiger partial charge in [0.2, 0.25) is 0 Å². The monoisotopic (exact) mass is 521 g/mol. The molecular weight excluding hydrogens is 494 g/mol. The van der Waals surface area contributed by atoms with Crippen LogP contribution in [0, 0.1) is 5.41 Å². The number of ether oxygens (including phenoxy) is 2. The molecule has 1 fully saturated rings. The Morgan fingerprint density at radius 2 is 1.51 bits per heavy atom. The van der Waals surface area contributed by atoms with Crippen LogP contribution in [0.2, 0.25) is 0 Å². The third-order valence-electron chi connectivity index (χ3n) is 8.01. The van der Waals surface area contributed by atoms with Crippen molar-refractivity contribution in [2.24, 2.45) is 5.41 Å². The van der Waals surface area contributed by atoms with Gasteiger partial charge in [0.15, 0.2) is 23.1 Å². The first-order chi connectivity index (χ1) is 18.8. The molecule has 3 aliphatic rings. The minimum Gasteiger partial charge on any atom is -0.494 e. The van der Waals surface area contributed by atoms with E-state index in [0.29, 0.717) is 34.7 Å². The Morgan fingerprint density at radius 1 is 0.872 bits per heavy atom.